The lowest BCUT2D eigenvalue weighted by molar-refractivity contribution is -0.870. The maximum atomic E-state index is 13.0. The molecule has 0 aromatic rings. The van der Waals surface area contributed by atoms with Gasteiger partial charge in [0.15, 0.2) is 0 Å². The molecule has 0 fully saturated rings. The number of unbranched alkanes of at least 4 members (excludes halogenated alkanes) is 26. The fraction of sp³-hybridized carbons (Fsp3) is 0.681. The van der Waals surface area contributed by atoms with E-state index in [9.17, 15) is 19.4 Å². The normalized spacial score (nSPS) is 14.6. The number of quaternary nitrogens is 1. The Labute approximate surface area is 500 Å². The third kappa shape index (κ3) is 64.1. The smallest absolute Gasteiger partial charge is 0.268 e. The van der Waals surface area contributed by atoms with E-state index in [0.717, 1.165) is 96.3 Å². The van der Waals surface area contributed by atoms with Gasteiger partial charge in [-0.25, -0.2) is 0 Å². The quantitative estimate of drug-likeness (QED) is 0.0272. The second-order valence-electron chi connectivity index (χ2n) is 23.1. The summed E-state index contributed by atoms with van der Waals surface area (Å²) in [4.78, 5) is 25.6. The Balaban J connectivity index is 4.07. The van der Waals surface area contributed by atoms with E-state index < -0.39 is 26.6 Å². The van der Waals surface area contributed by atoms with Gasteiger partial charge in [0.05, 0.1) is 39.9 Å². The van der Waals surface area contributed by atoms with Gasteiger partial charge in [-0.05, 0) is 109 Å². The van der Waals surface area contributed by atoms with Crippen molar-refractivity contribution >= 4 is 13.7 Å². The molecule has 0 rings (SSSR count). The van der Waals surface area contributed by atoms with Crippen LogP contribution in [0, 0.1) is 0 Å². The summed E-state index contributed by atoms with van der Waals surface area (Å²) < 4.78 is 23.4. The molecule has 81 heavy (non-hydrogen) atoms. The molecule has 0 spiro atoms. The van der Waals surface area contributed by atoms with Gasteiger partial charge in [-0.3, -0.25) is 9.36 Å². The zero-order valence-corrected chi connectivity index (χ0v) is 53.8. The molecular formula is C72H125N2O6P. The molecule has 0 saturated heterocycles. The number of amides is 1. The van der Waals surface area contributed by atoms with Crippen molar-refractivity contribution in [1.82, 2.24) is 5.32 Å². The van der Waals surface area contributed by atoms with Gasteiger partial charge in [0.25, 0.3) is 7.82 Å². The minimum Gasteiger partial charge on any atom is -0.756 e. The number of hydrogen-bond acceptors (Lipinski definition) is 6. The number of carbonyl (C=O) groups is 1. The predicted octanol–water partition coefficient (Wildman–Crippen LogP) is 20.4. The lowest BCUT2D eigenvalue weighted by Crippen LogP contribution is -2.45. The molecule has 0 heterocycles. The Morgan fingerprint density at radius 1 is 0.444 bits per heavy atom. The minimum absolute atomic E-state index is 0.0134. The van der Waals surface area contributed by atoms with Crippen molar-refractivity contribution in [3.63, 3.8) is 0 Å². The molecular weight excluding hydrogens is 1020 g/mol. The van der Waals surface area contributed by atoms with E-state index in [4.69, 9.17) is 9.05 Å². The van der Waals surface area contributed by atoms with E-state index in [0.29, 0.717) is 17.4 Å². The summed E-state index contributed by atoms with van der Waals surface area (Å²) >= 11 is 0. The molecule has 3 unspecified atom stereocenters. The standard InChI is InChI=1S/C72H125N2O6P/c1-6-8-10-12-14-16-18-20-22-24-26-27-28-29-30-31-32-33-34-35-36-37-38-39-40-41-42-43-44-45-46-47-48-50-52-54-56-58-60-62-64-66-72(76)73-70(69-80-81(77,78)79-68-67-74(3,4)5)71(75)65-63-61-59-57-55-53-51-49-25-23-21-19-17-15-13-11-9-7-2/h8,10,14,16,20,22,25-27,29-30,32-33,35-36,38-39,49,55,57,63,65,70-71,75H,6-7,9,11-13,15,17-19,21,23-24,28,31,34,37,40-48,50-54,56,58-62,64,66-69H2,1-5H3,(H-,73,76,77,78)/b10-8-,16-14-,22-20-,27-26-,30-29-,33-32-,36-35-,39-38-,49-25+,57-55+,65-63+. The van der Waals surface area contributed by atoms with Crippen LogP contribution >= 0.6 is 7.82 Å². The predicted molar refractivity (Wildman–Crippen MR) is 352 cm³/mol. The van der Waals surface area contributed by atoms with E-state index in [1.165, 1.54) is 148 Å². The minimum atomic E-state index is -4.62. The van der Waals surface area contributed by atoms with E-state index in [1.54, 1.807) is 6.08 Å². The molecule has 0 saturated carbocycles. The molecule has 3 atom stereocenters. The Morgan fingerprint density at radius 3 is 1.15 bits per heavy atom. The first kappa shape index (κ1) is 77.6. The highest BCUT2D eigenvalue weighted by molar-refractivity contribution is 7.45. The van der Waals surface area contributed by atoms with Crippen molar-refractivity contribution in [3.05, 3.63) is 134 Å². The number of nitrogens with one attached hydrogen (secondary N) is 1. The topological polar surface area (TPSA) is 108 Å². The number of nitrogens with zero attached hydrogens (tertiary/aromatic N) is 1. The van der Waals surface area contributed by atoms with Gasteiger partial charge in [0.1, 0.15) is 13.2 Å². The summed E-state index contributed by atoms with van der Waals surface area (Å²) in [6, 6.07) is -0.917. The third-order valence-corrected chi connectivity index (χ3v) is 15.0. The number of aliphatic hydroxyl groups is 1. The lowest BCUT2D eigenvalue weighted by atomic mass is 10.0. The van der Waals surface area contributed by atoms with Gasteiger partial charge >= 0.3 is 0 Å². The molecule has 0 aliphatic rings. The fourth-order valence-electron chi connectivity index (χ4n) is 8.97. The lowest BCUT2D eigenvalue weighted by Gasteiger charge is -2.29. The van der Waals surface area contributed by atoms with Crippen LogP contribution in [0.25, 0.3) is 0 Å². The molecule has 9 heteroatoms. The van der Waals surface area contributed by atoms with Crippen LogP contribution in [0.4, 0.5) is 0 Å². The van der Waals surface area contributed by atoms with E-state index in [-0.39, 0.29) is 12.5 Å². The molecule has 8 nitrogen and oxygen atoms in total. The highest BCUT2D eigenvalue weighted by Gasteiger charge is 2.23. The summed E-state index contributed by atoms with van der Waals surface area (Å²) in [5, 5.41) is 13.9. The van der Waals surface area contributed by atoms with Crippen molar-refractivity contribution in [2.75, 3.05) is 40.9 Å². The maximum Gasteiger partial charge on any atom is 0.268 e. The fourth-order valence-corrected chi connectivity index (χ4v) is 9.69. The summed E-state index contributed by atoms with van der Waals surface area (Å²) in [6.45, 7) is 4.50. The van der Waals surface area contributed by atoms with Crippen LogP contribution in [0.1, 0.15) is 264 Å². The van der Waals surface area contributed by atoms with Crippen LogP contribution in [0.5, 0.6) is 0 Å². The highest BCUT2D eigenvalue weighted by Crippen LogP contribution is 2.38. The first-order chi connectivity index (χ1) is 39.5. The molecule has 0 radical (unpaired) electrons. The van der Waals surface area contributed by atoms with Crippen LogP contribution in [0.2, 0.25) is 0 Å². The summed E-state index contributed by atoms with van der Waals surface area (Å²) in [7, 11) is 1.23. The van der Waals surface area contributed by atoms with E-state index in [2.05, 4.69) is 141 Å². The Kier molecular flexibility index (Phi) is 58.7. The number of carbonyl (C=O) groups excluding carboxylic acids is 1. The largest absolute Gasteiger partial charge is 0.756 e. The van der Waals surface area contributed by atoms with Crippen molar-refractivity contribution in [2.45, 2.75) is 276 Å². The van der Waals surface area contributed by atoms with Crippen LogP contribution in [0.15, 0.2) is 134 Å². The van der Waals surface area contributed by atoms with Gasteiger partial charge in [-0.15, -0.1) is 0 Å². The maximum absolute atomic E-state index is 13.0. The molecule has 0 aromatic carbocycles. The molecule has 0 aromatic heterocycles. The third-order valence-electron chi connectivity index (χ3n) is 14.1. The SMILES string of the molecule is CC/C=C\C/C=C\C/C=C\C/C=C\C/C=C\C/C=C\C/C=C\C/C=C\CCCCCCCCCCCCCCCCCCC(=O)NC(COP(=O)([O-])OCC[N+](C)(C)C)C(O)/C=C/CC/C=C/CC/C=C/CCCCCCCCCC. The highest BCUT2D eigenvalue weighted by atomic mass is 31.2. The van der Waals surface area contributed by atoms with Crippen molar-refractivity contribution < 1.29 is 32.9 Å². The first-order valence-corrected chi connectivity index (χ1v) is 34.5. The van der Waals surface area contributed by atoms with Gasteiger partial charge in [-0.1, -0.05) is 282 Å². The second kappa shape index (κ2) is 61.2. The Morgan fingerprint density at radius 2 is 0.765 bits per heavy atom. The second-order valence-corrected chi connectivity index (χ2v) is 24.5. The summed E-state index contributed by atoms with van der Waals surface area (Å²) in [5.74, 6) is -0.214. The summed E-state index contributed by atoms with van der Waals surface area (Å²) in [5.41, 5.74) is 0. The number of phosphoric ester groups is 1. The molecule has 0 aliphatic carbocycles. The zero-order chi connectivity index (χ0) is 59.1. The average Bonchev–Trinajstić information content (AvgIpc) is 3.43. The van der Waals surface area contributed by atoms with Gasteiger partial charge in [0.2, 0.25) is 5.91 Å². The number of aliphatic hydroxyl groups excluding tert-OH is 1. The molecule has 0 aliphatic heterocycles. The number of likely N-dealkylation sites (N-methyl/N-ethyl adjacent to an activating group) is 1. The van der Waals surface area contributed by atoms with E-state index in [1.807, 2.05) is 27.2 Å². The van der Waals surface area contributed by atoms with Gasteiger partial charge in [-0.2, -0.15) is 0 Å². The summed E-state index contributed by atoms with van der Waals surface area (Å²) in [6.07, 6.45) is 92.8. The molecule has 1 amide bonds. The monoisotopic (exact) mass is 1140 g/mol. The molecule has 2 N–H and O–H groups in total. The van der Waals surface area contributed by atoms with Gasteiger partial charge < -0.3 is 28.8 Å². The zero-order valence-electron chi connectivity index (χ0n) is 52.9. The average molecular weight is 1150 g/mol. The van der Waals surface area contributed by atoms with Crippen molar-refractivity contribution in [2.24, 2.45) is 0 Å². The number of hydrogen-bond donors (Lipinski definition) is 2. The van der Waals surface area contributed by atoms with Gasteiger partial charge in [0, 0.05) is 6.42 Å². The first-order valence-electron chi connectivity index (χ1n) is 33.0. The Bertz CT molecular complexity index is 1780. The van der Waals surface area contributed by atoms with Crippen LogP contribution in [-0.2, 0) is 18.4 Å². The molecule has 0 bridgehead atoms. The van der Waals surface area contributed by atoms with Crippen molar-refractivity contribution in [1.29, 1.82) is 0 Å². The van der Waals surface area contributed by atoms with Crippen LogP contribution in [0.3, 0.4) is 0 Å². The van der Waals surface area contributed by atoms with Crippen molar-refractivity contribution in [3.8, 4) is 0 Å². The van der Waals surface area contributed by atoms with Crippen LogP contribution in [-0.4, -0.2) is 68.5 Å². The number of phosphoric acid groups is 1. The number of allylic oxidation sites excluding steroid dienone is 21. The molecule has 464 valence electrons. The van der Waals surface area contributed by atoms with Crippen LogP contribution < -0.4 is 10.2 Å². The number of rotatable bonds is 59. The Hall–Kier alpha value is -3.36. The van der Waals surface area contributed by atoms with E-state index >= 15 is 0 Å².